The summed E-state index contributed by atoms with van der Waals surface area (Å²) >= 11 is 0. The summed E-state index contributed by atoms with van der Waals surface area (Å²) in [6.45, 7) is 2.87. The highest BCUT2D eigenvalue weighted by atomic mass is 16.4. The van der Waals surface area contributed by atoms with Crippen LogP contribution in [0.5, 0.6) is 0 Å². The van der Waals surface area contributed by atoms with Gasteiger partial charge < -0.3 is 15.7 Å². The van der Waals surface area contributed by atoms with E-state index >= 15 is 0 Å². The van der Waals surface area contributed by atoms with Gasteiger partial charge in [0.2, 0.25) is 11.8 Å². The van der Waals surface area contributed by atoms with Crippen molar-refractivity contribution in [3.63, 3.8) is 0 Å². The molecular weight excluding hydrogens is 310 g/mol. The molecule has 0 saturated carbocycles. The normalized spacial score (nSPS) is 13.9. The van der Waals surface area contributed by atoms with Gasteiger partial charge in [-0.3, -0.25) is 9.59 Å². The number of carbonyl (C=O) groups is 3. The Morgan fingerprint density at radius 3 is 2.29 bits per heavy atom. The van der Waals surface area contributed by atoms with E-state index in [9.17, 15) is 19.5 Å². The first-order valence-corrected chi connectivity index (χ1v) is 7.57. The molecule has 0 aromatic heterocycles. The lowest BCUT2D eigenvalue weighted by Gasteiger charge is -2.21. The minimum atomic E-state index is -1.22. The second-order valence-corrected chi connectivity index (χ2v) is 5.61. The lowest BCUT2D eigenvalue weighted by molar-refractivity contribution is -0.142. The molecule has 0 unspecified atom stereocenters. The van der Waals surface area contributed by atoms with Crippen molar-refractivity contribution in [2.45, 2.75) is 38.8 Å². The highest BCUT2D eigenvalue weighted by Crippen LogP contribution is 2.08. The van der Waals surface area contributed by atoms with E-state index in [0.29, 0.717) is 0 Å². The van der Waals surface area contributed by atoms with Gasteiger partial charge in [-0.05, 0) is 18.9 Å². The van der Waals surface area contributed by atoms with Gasteiger partial charge in [-0.1, -0.05) is 30.3 Å². The molecule has 3 N–H and O–H groups in total. The van der Waals surface area contributed by atoms with E-state index in [1.54, 1.807) is 6.92 Å². The summed E-state index contributed by atoms with van der Waals surface area (Å²) < 4.78 is 0. The van der Waals surface area contributed by atoms with Crippen LogP contribution in [0, 0.1) is 17.2 Å². The number of carbonyl (C=O) groups excluding carboxylic acids is 2. The zero-order valence-electron chi connectivity index (χ0n) is 13.7. The van der Waals surface area contributed by atoms with Crippen LogP contribution in [0.4, 0.5) is 0 Å². The molecule has 0 aliphatic heterocycles. The summed E-state index contributed by atoms with van der Waals surface area (Å²) in [5, 5.41) is 23.0. The number of nitriles is 1. The Labute approximate surface area is 140 Å². The van der Waals surface area contributed by atoms with Crippen LogP contribution in [-0.2, 0) is 20.8 Å². The fraction of sp³-hybridized carbons (Fsp3) is 0.412. The Morgan fingerprint density at radius 1 is 1.17 bits per heavy atom. The molecule has 0 radical (unpaired) electrons. The van der Waals surface area contributed by atoms with E-state index in [1.807, 2.05) is 36.4 Å². The van der Waals surface area contributed by atoms with Crippen LogP contribution in [-0.4, -0.2) is 35.0 Å². The van der Waals surface area contributed by atoms with Crippen molar-refractivity contribution in [1.82, 2.24) is 10.6 Å². The Morgan fingerprint density at radius 2 is 1.79 bits per heavy atom. The molecule has 0 aliphatic carbocycles. The van der Waals surface area contributed by atoms with E-state index in [-0.39, 0.29) is 18.7 Å². The maximum atomic E-state index is 12.4. The molecule has 0 heterocycles. The molecule has 24 heavy (non-hydrogen) atoms. The number of carboxylic acids is 1. The number of hydrogen-bond donors (Lipinski definition) is 3. The van der Waals surface area contributed by atoms with Gasteiger partial charge in [0.15, 0.2) is 0 Å². The Kier molecular flexibility index (Phi) is 7.43. The number of carboxylic acid groups (broad SMARTS) is 1. The second kappa shape index (κ2) is 9.30. The predicted octanol–water partition coefficient (Wildman–Crippen LogP) is 0.853. The van der Waals surface area contributed by atoms with E-state index in [0.717, 1.165) is 5.56 Å². The van der Waals surface area contributed by atoms with E-state index in [1.165, 1.54) is 6.92 Å². The summed E-state index contributed by atoms with van der Waals surface area (Å²) in [5.41, 5.74) is 0.837. The fourth-order valence-electron chi connectivity index (χ4n) is 2.20. The molecule has 128 valence electrons. The molecule has 2 amide bonds. The Bertz CT molecular complexity index is 624. The minimum absolute atomic E-state index is 0.00426. The van der Waals surface area contributed by atoms with E-state index in [4.69, 9.17) is 5.26 Å². The number of amides is 2. The molecule has 7 nitrogen and oxygen atoms in total. The lowest BCUT2D eigenvalue weighted by Crippen LogP contribution is -2.52. The Hall–Kier alpha value is -2.88. The summed E-state index contributed by atoms with van der Waals surface area (Å²) in [4.78, 5) is 35.0. The van der Waals surface area contributed by atoms with Crippen LogP contribution in [0.25, 0.3) is 0 Å². The second-order valence-electron chi connectivity index (χ2n) is 5.61. The summed E-state index contributed by atoms with van der Waals surface area (Å²) in [6.07, 6.45) is 0.238. The minimum Gasteiger partial charge on any atom is -0.480 e. The topological polar surface area (TPSA) is 119 Å². The van der Waals surface area contributed by atoms with Gasteiger partial charge in [0.1, 0.15) is 12.1 Å². The zero-order valence-corrected chi connectivity index (χ0v) is 13.7. The van der Waals surface area contributed by atoms with E-state index < -0.39 is 29.9 Å². The third kappa shape index (κ3) is 6.48. The lowest BCUT2D eigenvalue weighted by atomic mass is 10.0. The molecule has 1 rings (SSSR count). The van der Waals surface area contributed by atoms with Crippen LogP contribution in [0.3, 0.4) is 0 Å². The van der Waals surface area contributed by atoms with Gasteiger partial charge in [-0.25, -0.2) is 4.79 Å². The summed E-state index contributed by atoms with van der Waals surface area (Å²) in [6, 6.07) is 8.96. The predicted molar refractivity (Wildman–Crippen MR) is 86.7 cm³/mol. The van der Waals surface area contributed by atoms with Crippen LogP contribution in [0.15, 0.2) is 30.3 Å². The maximum Gasteiger partial charge on any atom is 0.326 e. The smallest absolute Gasteiger partial charge is 0.326 e. The summed E-state index contributed by atoms with van der Waals surface area (Å²) in [7, 11) is 0. The van der Waals surface area contributed by atoms with Crippen molar-refractivity contribution in [2.75, 3.05) is 0 Å². The zero-order chi connectivity index (χ0) is 18.1. The molecule has 1 aromatic rings. The van der Waals surface area contributed by atoms with Gasteiger partial charge in [-0.15, -0.1) is 0 Å². The average Bonchev–Trinajstić information content (AvgIpc) is 2.53. The average molecular weight is 331 g/mol. The number of benzene rings is 1. The van der Waals surface area contributed by atoms with Gasteiger partial charge in [0, 0.05) is 19.3 Å². The van der Waals surface area contributed by atoms with Crippen LogP contribution in [0.2, 0.25) is 0 Å². The molecule has 1 aromatic carbocycles. The maximum absolute atomic E-state index is 12.4. The number of aliphatic carboxylic acids is 1. The number of nitrogens with zero attached hydrogens (tertiary/aromatic N) is 1. The standard InChI is InChI=1S/C17H21N3O4/c1-11(10-18)8-15(17(23)24)20-16(22)14(19-12(2)21)9-13-6-4-3-5-7-13/h3-7,11,14-15H,8-9H2,1-2H3,(H,19,21)(H,20,22)(H,23,24)/t11-,14-,15-/m0/s1. The Balaban J connectivity index is 2.84. The molecule has 7 heteroatoms. The van der Waals surface area contributed by atoms with Crippen molar-refractivity contribution >= 4 is 17.8 Å². The van der Waals surface area contributed by atoms with Gasteiger partial charge in [0.25, 0.3) is 0 Å². The van der Waals surface area contributed by atoms with Crippen molar-refractivity contribution in [1.29, 1.82) is 5.26 Å². The highest BCUT2D eigenvalue weighted by molar-refractivity contribution is 5.90. The number of hydrogen-bond acceptors (Lipinski definition) is 4. The van der Waals surface area contributed by atoms with Crippen LogP contribution < -0.4 is 10.6 Å². The van der Waals surface area contributed by atoms with Crippen molar-refractivity contribution in [2.24, 2.45) is 5.92 Å². The molecule has 3 atom stereocenters. The third-order valence-electron chi connectivity index (χ3n) is 3.40. The van der Waals surface area contributed by atoms with Crippen molar-refractivity contribution < 1.29 is 19.5 Å². The van der Waals surface area contributed by atoms with Gasteiger partial charge in [-0.2, -0.15) is 5.26 Å². The fourth-order valence-corrected chi connectivity index (χ4v) is 2.20. The monoisotopic (exact) mass is 331 g/mol. The van der Waals surface area contributed by atoms with E-state index in [2.05, 4.69) is 10.6 Å². The molecule has 0 saturated heterocycles. The van der Waals surface area contributed by atoms with Gasteiger partial charge >= 0.3 is 5.97 Å². The third-order valence-corrected chi connectivity index (χ3v) is 3.40. The quantitative estimate of drug-likeness (QED) is 0.652. The van der Waals surface area contributed by atoms with Crippen molar-refractivity contribution in [3.8, 4) is 6.07 Å². The SMILES string of the molecule is CC(=O)N[C@@H](Cc1ccccc1)C(=O)N[C@@H](C[C@H](C)C#N)C(=O)O. The summed E-state index contributed by atoms with van der Waals surface area (Å²) in [5.74, 6) is -2.71. The largest absolute Gasteiger partial charge is 0.480 e. The van der Waals surface area contributed by atoms with Gasteiger partial charge in [0.05, 0.1) is 6.07 Å². The highest BCUT2D eigenvalue weighted by Gasteiger charge is 2.27. The molecule has 0 aliphatic rings. The molecule has 0 fully saturated rings. The van der Waals surface area contributed by atoms with Crippen LogP contribution >= 0.6 is 0 Å². The molecule has 0 spiro atoms. The first-order chi connectivity index (χ1) is 11.3. The first kappa shape index (κ1) is 19.2. The van der Waals surface area contributed by atoms with Crippen LogP contribution in [0.1, 0.15) is 25.8 Å². The molecular formula is C17H21N3O4. The number of rotatable bonds is 8. The molecule has 0 bridgehead atoms. The first-order valence-electron chi connectivity index (χ1n) is 7.57. The van der Waals surface area contributed by atoms with Crippen molar-refractivity contribution in [3.05, 3.63) is 35.9 Å². The number of nitrogens with one attached hydrogen (secondary N) is 2.